The van der Waals surface area contributed by atoms with Crippen LogP contribution >= 0.6 is 0 Å². The van der Waals surface area contributed by atoms with Gasteiger partial charge in [-0.25, -0.2) is 9.97 Å². The molecule has 0 atom stereocenters. The molecule has 0 fully saturated rings. The van der Waals surface area contributed by atoms with Crippen LogP contribution in [0.15, 0.2) is 36.7 Å². The number of ether oxygens (including phenoxy) is 1. The molecule has 0 amide bonds. The van der Waals surface area contributed by atoms with Crippen LogP contribution in [0.3, 0.4) is 0 Å². The topological polar surface area (TPSA) is 84.8 Å². The quantitative estimate of drug-likeness (QED) is 0.864. The van der Waals surface area contributed by atoms with Crippen LogP contribution in [-0.2, 0) is 6.42 Å². The molecule has 0 spiro atoms. The molecule has 5 heteroatoms. The minimum absolute atomic E-state index is 0.358. The zero-order valence-corrected chi connectivity index (χ0v) is 9.00. The SMILES string of the molecule is N#CCc1ccc(Oc2cc(N)ncn2)cc1. The Hall–Kier alpha value is -2.61. The number of benzene rings is 1. The molecule has 0 aliphatic rings. The lowest BCUT2D eigenvalue weighted by molar-refractivity contribution is 0.462. The van der Waals surface area contributed by atoms with Gasteiger partial charge in [-0.15, -0.1) is 0 Å². The van der Waals surface area contributed by atoms with Gasteiger partial charge in [0.05, 0.1) is 12.5 Å². The van der Waals surface area contributed by atoms with E-state index in [4.69, 9.17) is 15.7 Å². The molecular formula is C12H10N4O. The molecule has 84 valence electrons. The first-order valence-corrected chi connectivity index (χ1v) is 4.99. The minimum Gasteiger partial charge on any atom is -0.439 e. The van der Waals surface area contributed by atoms with Gasteiger partial charge in [0.1, 0.15) is 17.9 Å². The fourth-order valence-electron chi connectivity index (χ4n) is 1.30. The van der Waals surface area contributed by atoms with Gasteiger partial charge in [0.2, 0.25) is 5.88 Å². The van der Waals surface area contributed by atoms with Crippen molar-refractivity contribution in [3.05, 3.63) is 42.2 Å². The first-order chi connectivity index (χ1) is 8.28. The number of rotatable bonds is 3. The molecule has 17 heavy (non-hydrogen) atoms. The number of hydrogen-bond donors (Lipinski definition) is 1. The molecule has 5 nitrogen and oxygen atoms in total. The smallest absolute Gasteiger partial charge is 0.224 e. The predicted octanol–water partition coefficient (Wildman–Crippen LogP) is 1.92. The Morgan fingerprint density at radius 1 is 1.24 bits per heavy atom. The van der Waals surface area contributed by atoms with Gasteiger partial charge >= 0.3 is 0 Å². The van der Waals surface area contributed by atoms with Crippen molar-refractivity contribution in [2.24, 2.45) is 0 Å². The monoisotopic (exact) mass is 226 g/mol. The molecule has 1 heterocycles. The van der Waals surface area contributed by atoms with Crippen molar-refractivity contribution in [2.45, 2.75) is 6.42 Å². The highest BCUT2D eigenvalue weighted by Crippen LogP contribution is 2.20. The molecule has 0 saturated heterocycles. The Labute approximate surface area is 98.5 Å². The summed E-state index contributed by atoms with van der Waals surface area (Å²) < 4.78 is 5.48. The molecule has 1 aromatic heterocycles. The number of anilines is 1. The Morgan fingerprint density at radius 3 is 2.65 bits per heavy atom. The third-order valence-corrected chi connectivity index (χ3v) is 2.09. The highest BCUT2D eigenvalue weighted by Gasteiger charge is 2.00. The predicted molar refractivity (Wildman–Crippen MR) is 62.3 cm³/mol. The minimum atomic E-state index is 0.358. The molecule has 2 N–H and O–H groups in total. The van der Waals surface area contributed by atoms with Gasteiger partial charge in [0.15, 0.2) is 0 Å². The molecule has 0 unspecified atom stereocenters. The first-order valence-electron chi connectivity index (χ1n) is 4.99. The molecular weight excluding hydrogens is 216 g/mol. The van der Waals surface area contributed by atoms with Gasteiger partial charge < -0.3 is 10.5 Å². The normalized spacial score (nSPS) is 9.59. The standard InChI is InChI=1S/C12H10N4O/c13-6-5-9-1-3-10(4-2-9)17-12-7-11(14)15-8-16-12/h1-4,7-8H,5H2,(H2,14,15,16). The van der Waals surface area contributed by atoms with Gasteiger partial charge in [-0.2, -0.15) is 5.26 Å². The number of aromatic nitrogens is 2. The number of hydrogen-bond acceptors (Lipinski definition) is 5. The molecule has 0 radical (unpaired) electrons. The van der Waals surface area contributed by atoms with Crippen LogP contribution in [0.4, 0.5) is 5.82 Å². The van der Waals surface area contributed by atoms with E-state index in [1.165, 1.54) is 6.33 Å². The number of nitrogen functional groups attached to an aromatic ring is 1. The summed E-state index contributed by atoms with van der Waals surface area (Å²) in [5, 5.41) is 8.54. The molecule has 0 bridgehead atoms. The summed E-state index contributed by atoms with van der Waals surface area (Å²) >= 11 is 0. The lowest BCUT2D eigenvalue weighted by Crippen LogP contribution is -1.93. The van der Waals surface area contributed by atoms with Crippen LogP contribution in [0.25, 0.3) is 0 Å². The second-order valence-corrected chi connectivity index (χ2v) is 3.36. The van der Waals surface area contributed by atoms with Crippen LogP contribution in [-0.4, -0.2) is 9.97 Å². The van der Waals surface area contributed by atoms with E-state index in [0.29, 0.717) is 23.9 Å². The average Bonchev–Trinajstić information content (AvgIpc) is 2.32. The van der Waals surface area contributed by atoms with E-state index in [1.54, 1.807) is 18.2 Å². The van der Waals surface area contributed by atoms with Crippen molar-refractivity contribution in [3.8, 4) is 17.7 Å². The van der Waals surface area contributed by atoms with Gasteiger partial charge in [-0.1, -0.05) is 12.1 Å². The van der Waals surface area contributed by atoms with Crippen molar-refractivity contribution in [1.82, 2.24) is 9.97 Å². The van der Waals surface area contributed by atoms with E-state index < -0.39 is 0 Å². The summed E-state index contributed by atoms with van der Waals surface area (Å²) in [6, 6.07) is 10.9. The lowest BCUT2D eigenvalue weighted by Gasteiger charge is -2.04. The highest BCUT2D eigenvalue weighted by atomic mass is 16.5. The van der Waals surface area contributed by atoms with Gasteiger partial charge in [0, 0.05) is 6.07 Å². The molecule has 0 aliphatic carbocycles. The maximum absolute atomic E-state index is 8.54. The van der Waals surface area contributed by atoms with Crippen molar-refractivity contribution in [3.63, 3.8) is 0 Å². The molecule has 2 aromatic rings. The fourth-order valence-corrected chi connectivity index (χ4v) is 1.30. The van der Waals surface area contributed by atoms with Crippen molar-refractivity contribution in [2.75, 3.05) is 5.73 Å². The number of nitrogens with two attached hydrogens (primary N) is 1. The van der Waals surface area contributed by atoms with Crippen LogP contribution in [0, 0.1) is 11.3 Å². The van der Waals surface area contributed by atoms with Gasteiger partial charge in [0.25, 0.3) is 0 Å². The maximum atomic E-state index is 8.54. The third-order valence-electron chi connectivity index (χ3n) is 2.09. The second kappa shape index (κ2) is 4.94. The lowest BCUT2D eigenvalue weighted by atomic mass is 10.2. The van der Waals surface area contributed by atoms with E-state index in [1.807, 2.05) is 12.1 Å². The zero-order chi connectivity index (χ0) is 12.1. The molecule has 1 aromatic carbocycles. The molecule has 2 rings (SSSR count). The summed E-state index contributed by atoms with van der Waals surface area (Å²) in [4.78, 5) is 7.70. The summed E-state index contributed by atoms with van der Waals surface area (Å²) in [7, 11) is 0. The Balaban J connectivity index is 2.11. The fraction of sp³-hybridized carbons (Fsp3) is 0.0833. The van der Waals surface area contributed by atoms with Crippen molar-refractivity contribution in [1.29, 1.82) is 5.26 Å². The second-order valence-electron chi connectivity index (χ2n) is 3.36. The highest BCUT2D eigenvalue weighted by molar-refractivity contribution is 5.35. The third kappa shape index (κ3) is 2.92. The van der Waals surface area contributed by atoms with Gasteiger partial charge in [-0.05, 0) is 17.7 Å². The zero-order valence-electron chi connectivity index (χ0n) is 9.00. The summed E-state index contributed by atoms with van der Waals surface area (Å²) in [5.74, 6) is 1.39. The van der Waals surface area contributed by atoms with Crippen molar-refractivity contribution < 1.29 is 4.74 Å². The largest absolute Gasteiger partial charge is 0.439 e. The van der Waals surface area contributed by atoms with E-state index in [2.05, 4.69) is 16.0 Å². The Morgan fingerprint density at radius 2 is 2.00 bits per heavy atom. The van der Waals surface area contributed by atoms with E-state index in [-0.39, 0.29) is 0 Å². The summed E-state index contributed by atoms with van der Waals surface area (Å²) in [6.07, 6.45) is 1.73. The van der Waals surface area contributed by atoms with E-state index in [9.17, 15) is 0 Å². The molecule has 0 aliphatic heterocycles. The Bertz CT molecular complexity index is 545. The van der Waals surface area contributed by atoms with Crippen molar-refractivity contribution >= 4 is 5.82 Å². The number of nitrogens with zero attached hydrogens (tertiary/aromatic N) is 3. The van der Waals surface area contributed by atoms with Crippen LogP contribution < -0.4 is 10.5 Å². The van der Waals surface area contributed by atoms with E-state index >= 15 is 0 Å². The van der Waals surface area contributed by atoms with Crippen LogP contribution in [0.5, 0.6) is 11.6 Å². The van der Waals surface area contributed by atoms with Crippen LogP contribution in [0.1, 0.15) is 5.56 Å². The van der Waals surface area contributed by atoms with E-state index in [0.717, 1.165) is 5.56 Å². The summed E-state index contributed by atoms with van der Waals surface area (Å²) in [5.41, 5.74) is 6.46. The first kappa shape index (κ1) is 10.9. The van der Waals surface area contributed by atoms with Gasteiger partial charge in [-0.3, -0.25) is 0 Å². The summed E-state index contributed by atoms with van der Waals surface area (Å²) in [6.45, 7) is 0. The molecule has 0 saturated carbocycles. The Kier molecular flexibility index (Phi) is 3.17. The van der Waals surface area contributed by atoms with Crippen LogP contribution in [0.2, 0.25) is 0 Å². The average molecular weight is 226 g/mol. The maximum Gasteiger partial charge on any atom is 0.224 e. The number of nitriles is 1.